The number of nitrogens with zero attached hydrogens (tertiary/aromatic N) is 1. The molecule has 100 valence electrons. The van der Waals surface area contributed by atoms with Crippen LogP contribution in [0.5, 0.6) is 0 Å². The van der Waals surface area contributed by atoms with Crippen molar-refractivity contribution in [3.05, 3.63) is 0 Å². The lowest BCUT2D eigenvalue weighted by atomic mass is 10.0. The van der Waals surface area contributed by atoms with E-state index in [2.05, 4.69) is 37.9 Å². The van der Waals surface area contributed by atoms with Crippen molar-refractivity contribution < 1.29 is 9.90 Å². The monoisotopic (exact) mass is 242 g/mol. The number of nitrogens with one attached hydrogen (secondary N) is 1. The van der Waals surface area contributed by atoms with Gasteiger partial charge in [-0.3, -0.25) is 4.79 Å². The number of hydrogen-bond acceptors (Lipinski definition) is 3. The fourth-order valence-electron chi connectivity index (χ4n) is 2.23. The molecule has 2 N–H and O–H groups in total. The van der Waals surface area contributed by atoms with Crippen LogP contribution in [0.3, 0.4) is 0 Å². The zero-order chi connectivity index (χ0) is 13.1. The quantitative estimate of drug-likeness (QED) is 0.783. The second-order valence-corrected chi connectivity index (χ2v) is 6.22. The lowest BCUT2D eigenvalue weighted by Gasteiger charge is -2.30. The second kappa shape index (κ2) is 5.83. The van der Waals surface area contributed by atoms with E-state index in [0.29, 0.717) is 19.0 Å². The molecule has 1 rings (SSSR count). The van der Waals surface area contributed by atoms with Crippen LogP contribution in [-0.2, 0) is 4.79 Å². The molecule has 0 aliphatic carbocycles. The van der Waals surface area contributed by atoms with Gasteiger partial charge in [0.1, 0.15) is 0 Å². The van der Waals surface area contributed by atoms with E-state index in [0.717, 1.165) is 19.5 Å². The van der Waals surface area contributed by atoms with Gasteiger partial charge in [-0.25, -0.2) is 0 Å². The second-order valence-electron chi connectivity index (χ2n) is 6.22. The van der Waals surface area contributed by atoms with Gasteiger partial charge in [-0.15, -0.1) is 0 Å². The van der Waals surface area contributed by atoms with Crippen molar-refractivity contribution in [2.24, 2.45) is 11.8 Å². The van der Waals surface area contributed by atoms with Crippen molar-refractivity contribution >= 4 is 5.97 Å². The van der Waals surface area contributed by atoms with Crippen LogP contribution in [0.25, 0.3) is 0 Å². The average molecular weight is 242 g/mol. The summed E-state index contributed by atoms with van der Waals surface area (Å²) in [5.41, 5.74) is 0.00117. The van der Waals surface area contributed by atoms with Crippen LogP contribution in [0, 0.1) is 11.8 Å². The molecule has 1 aliphatic heterocycles. The maximum absolute atomic E-state index is 11.1. The van der Waals surface area contributed by atoms with Crippen LogP contribution < -0.4 is 5.32 Å². The fourth-order valence-corrected chi connectivity index (χ4v) is 2.23. The first-order valence-electron chi connectivity index (χ1n) is 6.50. The van der Waals surface area contributed by atoms with Crippen molar-refractivity contribution in [3.63, 3.8) is 0 Å². The molecule has 0 spiro atoms. The van der Waals surface area contributed by atoms with Gasteiger partial charge in [0, 0.05) is 25.2 Å². The molecule has 0 amide bonds. The van der Waals surface area contributed by atoms with Gasteiger partial charge in [0.25, 0.3) is 0 Å². The summed E-state index contributed by atoms with van der Waals surface area (Å²) in [4.78, 5) is 13.4. The van der Waals surface area contributed by atoms with Crippen LogP contribution in [0.1, 0.15) is 34.1 Å². The summed E-state index contributed by atoms with van der Waals surface area (Å²) in [5, 5.41) is 12.5. The van der Waals surface area contributed by atoms with Gasteiger partial charge in [0.05, 0.1) is 5.92 Å². The normalized spacial score (nSPS) is 25.8. The molecule has 0 bridgehead atoms. The molecule has 17 heavy (non-hydrogen) atoms. The van der Waals surface area contributed by atoms with Crippen LogP contribution in [0.4, 0.5) is 0 Å². The Balaban J connectivity index is 2.62. The zero-order valence-electron chi connectivity index (χ0n) is 11.5. The lowest BCUT2D eigenvalue weighted by Crippen LogP contribution is -2.46. The van der Waals surface area contributed by atoms with Gasteiger partial charge in [0.2, 0.25) is 0 Å². The predicted octanol–water partition coefficient (Wildman–Crippen LogP) is 1.42. The highest BCUT2D eigenvalue weighted by molar-refractivity contribution is 5.70. The number of aliphatic carboxylic acids is 1. The van der Waals surface area contributed by atoms with E-state index in [1.54, 1.807) is 0 Å². The predicted molar refractivity (Wildman–Crippen MR) is 69.1 cm³/mol. The minimum atomic E-state index is -0.690. The van der Waals surface area contributed by atoms with E-state index in [-0.39, 0.29) is 11.5 Å². The van der Waals surface area contributed by atoms with E-state index in [9.17, 15) is 4.79 Å². The van der Waals surface area contributed by atoms with Crippen molar-refractivity contribution in [3.8, 4) is 0 Å². The topological polar surface area (TPSA) is 52.6 Å². The molecule has 0 aromatic rings. The Kier molecular flexibility index (Phi) is 4.95. The van der Waals surface area contributed by atoms with E-state index >= 15 is 0 Å². The molecule has 0 aromatic carbocycles. The number of carboxylic acid groups (broad SMARTS) is 1. The minimum Gasteiger partial charge on any atom is -0.481 e. The standard InChI is InChI=1S/C13H26N2O2/c1-10(2)5-6-15-8-11(12(16)17)7-14-13(3,4)9-15/h10-11,14H,5-9H2,1-4H3,(H,16,17). The first-order chi connectivity index (χ1) is 7.80. The largest absolute Gasteiger partial charge is 0.481 e. The van der Waals surface area contributed by atoms with Gasteiger partial charge in [-0.2, -0.15) is 0 Å². The van der Waals surface area contributed by atoms with Crippen LogP contribution in [-0.4, -0.2) is 47.7 Å². The van der Waals surface area contributed by atoms with Crippen LogP contribution in [0.2, 0.25) is 0 Å². The minimum absolute atomic E-state index is 0.00117. The fraction of sp³-hybridized carbons (Fsp3) is 0.923. The number of hydrogen-bond donors (Lipinski definition) is 2. The molecule has 1 saturated heterocycles. The summed E-state index contributed by atoms with van der Waals surface area (Å²) >= 11 is 0. The Labute approximate surface area is 104 Å². The SMILES string of the molecule is CC(C)CCN1CC(C(=O)O)CNC(C)(C)C1. The number of carboxylic acids is 1. The summed E-state index contributed by atoms with van der Waals surface area (Å²) in [5.74, 6) is -0.314. The van der Waals surface area contributed by atoms with Gasteiger partial charge < -0.3 is 15.3 Å². The van der Waals surface area contributed by atoms with E-state index < -0.39 is 5.97 Å². The Bertz CT molecular complexity index is 264. The molecule has 1 aliphatic rings. The zero-order valence-corrected chi connectivity index (χ0v) is 11.5. The maximum Gasteiger partial charge on any atom is 0.309 e. The van der Waals surface area contributed by atoms with Crippen molar-refractivity contribution in [2.75, 3.05) is 26.2 Å². The molecule has 1 fully saturated rings. The van der Waals surface area contributed by atoms with Gasteiger partial charge >= 0.3 is 5.97 Å². The molecule has 1 heterocycles. The molecular weight excluding hydrogens is 216 g/mol. The Morgan fingerprint density at radius 3 is 2.71 bits per heavy atom. The van der Waals surface area contributed by atoms with Gasteiger partial charge in [0.15, 0.2) is 0 Å². The molecule has 4 heteroatoms. The summed E-state index contributed by atoms with van der Waals surface area (Å²) < 4.78 is 0. The van der Waals surface area contributed by atoms with Crippen LogP contribution in [0.15, 0.2) is 0 Å². The van der Waals surface area contributed by atoms with Crippen molar-refractivity contribution in [1.82, 2.24) is 10.2 Å². The molecule has 0 aromatic heterocycles. The van der Waals surface area contributed by atoms with Gasteiger partial charge in [-0.05, 0) is 32.7 Å². The van der Waals surface area contributed by atoms with E-state index in [4.69, 9.17) is 5.11 Å². The number of rotatable bonds is 4. The Hall–Kier alpha value is -0.610. The Morgan fingerprint density at radius 1 is 1.53 bits per heavy atom. The van der Waals surface area contributed by atoms with Crippen molar-refractivity contribution in [1.29, 1.82) is 0 Å². The molecule has 1 atom stereocenters. The smallest absolute Gasteiger partial charge is 0.309 e. The third kappa shape index (κ3) is 5.04. The molecule has 1 unspecified atom stereocenters. The first-order valence-corrected chi connectivity index (χ1v) is 6.50. The highest BCUT2D eigenvalue weighted by Crippen LogP contribution is 2.15. The summed E-state index contributed by atoms with van der Waals surface area (Å²) in [6.45, 7) is 11.8. The number of carbonyl (C=O) groups is 1. The average Bonchev–Trinajstić information content (AvgIpc) is 2.33. The van der Waals surface area contributed by atoms with Crippen molar-refractivity contribution in [2.45, 2.75) is 39.7 Å². The summed E-state index contributed by atoms with van der Waals surface area (Å²) in [6.07, 6.45) is 1.13. The third-order valence-electron chi connectivity index (χ3n) is 3.30. The first kappa shape index (κ1) is 14.5. The maximum atomic E-state index is 11.1. The molecular formula is C13H26N2O2. The highest BCUT2D eigenvalue weighted by atomic mass is 16.4. The van der Waals surface area contributed by atoms with Crippen LogP contribution >= 0.6 is 0 Å². The lowest BCUT2D eigenvalue weighted by molar-refractivity contribution is -0.141. The molecule has 0 radical (unpaired) electrons. The third-order valence-corrected chi connectivity index (χ3v) is 3.30. The Morgan fingerprint density at radius 2 is 2.18 bits per heavy atom. The molecule has 0 saturated carbocycles. The summed E-state index contributed by atoms with van der Waals surface area (Å²) in [7, 11) is 0. The van der Waals surface area contributed by atoms with Gasteiger partial charge in [-0.1, -0.05) is 13.8 Å². The van der Waals surface area contributed by atoms with E-state index in [1.165, 1.54) is 0 Å². The molecule has 4 nitrogen and oxygen atoms in total. The van der Waals surface area contributed by atoms with E-state index in [1.807, 2.05) is 0 Å². The highest BCUT2D eigenvalue weighted by Gasteiger charge is 2.31. The summed E-state index contributed by atoms with van der Waals surface area (Å²) in [6, 6.07) is 0.